The second-order valence-corrected chi connectivity index (χ2v) is 6.71. The van der Waals surface area contributed by atoms with Gasteiger partial charge in [0.25, 0.3) is 0 Å². The molecule has 0 bridgehead atoms. The molecule has 0 radical (unpaired) electrons. The number of piperidine rings is 1. The van der Waals surface area contributed by atoms with Gasteiger partial charge in [-0.15, -0.1) is 0 Å². The third kappa shape index (κ3) is 4.22. The summed E-state index contributed by atoms with van der Waals surface area (Å²) in [7, 11) is 3.21. The summed E-state index contributed by atoms with van der Waals surface area (Å²) in [5, 5.41) is 9.27. The Bertz CT molecular complexity index is 785. The number of ether oxygens (including phenoxy) is 2. The van der Waals surface area contributed by atoms with Crippen LogP contribution < -0.4 is 9.47 Å². The number of methoxy groups -OCH3 is 2. The van der Waals surface area contributed by atoms with Gasteiger partial charge in [-0.05, 0) is 55.8 Å². The lowest BCUT2D eigenvalue weighted by Crippen LogP contribution is -2.39. The van der Waals surface area contributed by atoms with Gasteiger partial charge in [0, 0.05) is 11.6 Å². The second kappa shape index (κ2) is 8.39. The number of rotatable bonds is 6. The van der Waals surface area contributed by atoms with E-state index in [1.807, 2.05) is 18.2 Å². The zero-order valence-electron chi connectivity index (χ0n) is 15.5. The standard InChI is InChI=1S/C21H24FNO4/c1-26-17-7-8-18(19(13-17)27-2)20(14-3-5-16(22)6-4-14)23-11-9-15(10-12-23)21(24)25/h3-8,13,15,20H,9-12H2,1-2H3,(H,24,25). The van der Waals surface area contributed by atoms with Gasteiger partial charge in [0.1, 0.15) is 17.3 Å². The summed E-state index contributed by atoms with van der Waals surface area (Å²) in [5.41, 5.74) is 1.88. The van der Waals surface area contributed by atoms with E-state index in [-0.39, 0.29) is 17.8 Å². The van der Waals surface area contributed by atoms with Crippen molar-refractivity contribution in [2.75, 3.05) is 27.3 Å². The predicted molar refractivity (Wildman–Crippen MR) is 99.7 cm³/mol. The number of carboxylic acids is 1. The zero-order valence-corrected chi connectivity index (χ0v) is 15.5. The largest absolute Gasteiger partial charge is 0.497 e. The number of hydrogen-bond acceptors (Lipinski definition) is 4. The second-order valence-electron chi connectivity index (χ2n) is 6.71. The highest BCUT2D eigenvalue weighted by molar-refractivity contribution is 5.70. The van der Waals surface area contributed by atoms with E-state index in [1.165, 1.54) is 12.1 Å². The van der Waals surface area contributed by atoms with Crippen molar-refractivity contribution in [1.82, 2.24) is 4.90 Å². The number of carbonyl (C=O) groups is 1. The molecule has 1 fully saturated rings. The predicted octanol–water partition coefficient (Wildman–Crippen LogP) is 3.73. The van der Waals surface area contributed by atoms with Gasteiger partial charge in [0.2, 0.25) is 0 Å². The first-order valence-electron chi connectivity index (χ1n) is 8.97. The first-order valence-corrected chi connectivity index (χ1v) is 8.97. The maximum atomic E-state index is 13.5. The summed E-state index contributed by atoms with van der Waals surface area (Å²) in [6.07, 6.45) is 1.18. The molecule has 5 nitrogen and oxygen atoms in total. The van der Waals surface area contributed by atoms with Crippen molar-refractivity contribution in [3.05, 3.63) is 59.4 Å². The number of hydrogen-bond donors (Lipinski definition) is 1. The number of halogens is 1. The van der Waals surface area contributed by atoms with Gasteiger partial charge in [0.05, 0.1) is 26.2 Å². The normalized spacial score (nSPS) is 16.7. The van der Waals surface area contributed by atoms with E-state index in [4.69, 9.17) is 9.47 Å². The molecule has 144 valence electrons. The van der Waals surface area contributed by atoms with Crippen molar-refractivity contribution in [1.29, 1.82) is 0 Å². The lowest BCUT2D eigenvalue weighted by atomic mass is 9.91. The molecule has 1 unspecified atom stereocenters. The van der Waals surface area contributed by atoms with E-state index in [2.05, 4.69) is 4.90 Å². The molecule has 2 aromatic rings. The molecule has 1 heterocycles. The Morgan fingerprint density at radius 2 is 1.78 bits per heavy atom. The van der Waals surface area contributed by atoms with E-state index < -0.39 is 5.97 Å². The molecule has 3 rings (SSSR count). The molecule has 0 aromatic heterocycles. The molecular weight excluding hydrogens is 349 g/mol. The number of aliphatic carboxylic acids is 1. The highest BCUT2D eigenvalue weighted by Gasteiger charge is 2.31. The zero-order chi connectivity index (χ0) is 19.4. The van der Waals surface area contributed by atoms with E-state index in [0.717, 1.165) is 11.1 Å². The minimum Gasteiger partial charge on any atom is -0.497 e. The fraction of sp³-hybridized carbons (Fsp3) is 0.381. The van der Waals surface area contributed by atoms with E-state index in [1.54, 1.807) is 26.4 Å². The van der Waals surface area contributed by atoms with Crippen LogP contribution in [0.1, 0.15) is 30.0 Å². The number of carboxylic acid groups (broad SMARTS) is 1. The Morgan fingerprint density at radius 1 is 1.11 bits per heavy atom. The SMILES string of the molecule is COc1ccc(C(c2ccc(F)cc2)N2CCC(C(=O)O)CC2)c(OC)c1. The van der Waals surface area contributed by atoms with Gasteiger partial charge in [-0.2, -0.15) is 0 Å². The molecule has 6 heteroatoms. The Morgan fingerprint density at radius 3 is 2.33 bits per heavy atom. The molecule has 1 aliphatic heterocycles. The topological polar surface area (TPSA) is 59.0 Å². The smallest absolute Gasteiger partial charge is 0.306 e. The number of nitrogens with zero attached hydrogens (tertiary/aromatic N) is 1. The maximum Gasteiger partial charge on any atom is 0.306 e. The van der Waals surface area contributed by atoms with E-state index in [9.17, 15) is 14.3 Å². The fourth-order valence-electron chi connectivity index (χ4n) is 3.68. The summed E-state index contributed by atoms with van der Waals surface area (Å²) in [4.78, 5) is 13.5. The van der Waals surface area contributed by atoms with Crippen molar-refractivity contribution >= 4 is 5.97 Å². The van der Waals surface area contributed by atoms with Gasteiger partial charge in [-0.3, -0.25) is 9.69 Å². The first kappa shape index (κ1) is 19.2. The van der Waals surface area contributed by atoms with Crippen molar-refractivity contribution in [3.8, 4) is 11.5 Å². The Kier molecular flexibility index (Phi) is 5.96. The van der Waals surface area contributed by atoms with Gasteiger partial charge in [-0.25, -0.2) is 4.39 Å². The third-order valence-corrected chi connectivity index (χ3v) is 5.16. The Hall–Kier alpha value is -2.60. The van der Waals surface area contributed by atoms with Crippen LogP contribution in [0.15, 0.2) is 42.5 Å². The Balaban J connectivity index is 1.98. The molecule has 1 N–H and O–H groups in total. The van der Waals surface area contributed by atoms with Crippen molar-refractivity contribution in [3.63, 3.8) is 0 Å². The van der Waals surface area contributed by atoms with Gasteiger partial charge < -0.3 is 14.6 Å². The summed E-state index contributed by atoms with van der Waals surface area (Å²) in [6.45, 7) is 1.29. The average Bonchev–Trinajstić information content (AvgIpc) is 2.70. The van der Waals surface area contributed by atoms with E-state index in [0.29, 0.717) is 37.4 Å². The maximum absolute atomic E-state index is 13.5. The van der Waals surface area contributed by atoms with Crippen molar-refractivity contribution in [2.24, 2.45) is 5.92 Å². The lowest BCUT2D eigenvalue weighted by Gasteiger charge is -2.37. The van der Waals surface area contributed by atoms with E-state index >= 15 is 0 Å². The average molecular weight is 373 g/mol. The molecule has 0 aliphatic carbocycles. The minimum absolute atomic E-state index is 0.152. The molecular formula is C21H24FNO4. The molecule has 0 spiro atoms. The summed E-state index contributed by atoms with van der Waals surface area (Å²) < 4.78 is 24.3. The molecule has 0 amide bonds. The van der Waals surface area contributed by atoms with Crippen LogP contribution in [0.25, 0.3) is 0 Å². The molecule has 0 saturated carbocycles. The fourth-order valence-corrected chi connectivity index (χ4v) is 3.68. The molecule has 27 heavy (non-hydrogen) atoms. The Labute approximate surface area is 158 Å². The summed E-state index contributed by atoms with van der Waals surface area (Å²) >= 11 is 0. The summed E-state index contributed by atoms with van der Waals surface area (Å²) in [6, 6.07) is 11.9. The quantitative estimate of drug-likeness (QED) is 0.836. The highest BCUT2D eigenvalue weighted by Crippen LogP contribution is 2.38. The number of likely N-dealkylation sites (tertiary alicyclic amines) is 1. The van der Waals surface area contributed by atoms with Crippen molar-refractivity contribution in [2.45, 2.75) is 18.9 Å². The summed E-state index contributed by atoms with van der Waals surface area (Å²) in [5.74, 6) is 0.0359. The van der Waals surface area contributed by atoms with Crippen LogP contribution in [0.5, 0.6) is 11.5 Å². The highest BCUT2D eigenvalue weighted by atomic mass is 19.1. The van der Waals surface area contributed by atoms with Gasteiger partial charge in [0.15, 0.2) is 0 Å². The molecule has 1 aliphatic rings. The minimum atomic E-state index is -0.741. The van der Waals surface area contributed by atoms with Crippen molar-refractivity contribution < 1.29 is 23.8 Å². The van der Waals surface area contributed by atoms with Crippen LogP contribution in [0.4, 0.5) is 4.39 Å². The van der Waals surface area contributed by atoms with Crippen LogP contribution in [0.3, 0.4) is 0 Å². The van der Waals surface area contributed by atoms with Crippen LogP contribution >= 0.6 is 0 Å². The van der Waals surface area contributed by atoms with Crippen LogP contribution in [-0.4, -0.2) is 43.3 Å². The van der Waals surface area contributed by atoms with Crippen LogP contribution in [0.2, 0.25) is 0 Å². The van der Waals surface area contributed by atoms with Gasteiger partial charge >= 0.3 is 5.97 Å². The number of benzene rings is 2. The van der Waals surface area contributed by atoms with Crippen LogP contribution in [-0.2, 0) is 4.79 Å². The molecule has 2 aromatic carbocycles. The molecule has 1 saturated heterocycles. The first-order chi connectivity index (χ1) is 13.0. The monoisotopic (exact) mass is 373 g/mol. The van der Waals surface area contributed by atoms with Gasteiger partial charge in [-0.1, -0.05) is 12.1 Å². The lowest BCUT2D eigenvalue weighted by molar-refractivity contribution is -0.143. The molecule has 1 atom stereocenters. The van der Waals surface area contributed by atoms with Crippen LogP contribution in [0, 0.1) is 11.7 Å². The third-order valence-electron chi connectivity index (χ3n) is 5.16.